The van der Waals surface area contributed by atoms with Crippen molar-refractivity contribution in [3.63, 3.8) is 0 Å². The number of hydrogen-bond donors (Lipinski definition) is 0. The third kappa shape index (κ3) is 3.26. The predicted molar refractivity (Wildman–Crippen MR) is 106 cm³/mol. The molecule has 0 bridgehead atoms. The van der Waals surface area contributed by atoms with E-state index in [0.29, 0.717) is 33.6 Å². The lowest BCUT2D eigenvalue weighted by Gasteiger charge is -2.09. The van der Waals surface area contributed by atoms with Crippen LogP contribution in [0.4, 0.5) is 0 Å². The minimum atomic E-state index is -0.652. The third-order valence-electron chi connectivity index (χ3n) is 4.45. The zero-order valence-electron chi connectivity index (χ0n) is 16.3. The van der Waals surface area contributed by atoms with Gasteiger partial charge >= 0.3 is 11.6 Å². The van der Waals surface area contributed by atoms with Crippen LogP contribution in [0, 0.1) is 0 Å². The molecule has 0 saturated heterocycles. The Labute approximate surface area is 169 Å². The van der Waals surface area contributed by atoms with Gasteiger partial charge in [0.1, 0.15) is 11.1 Å². The van der Waals surface area contributed by atoms with Crippen LogP contribution >= 0.6 is 0 Å². The highest BCUT2D eigenvalue weighted by atomic mass is 16.5. The minimum absolute atomic E-state index is 0.0333. The molecule has 0 fully saturated rings. The van der Waals surface area contributed by atoms with E-state index in [0.717, 1.165) is 0 Å². The maximum atomic E-state index is 12.4. The van der Waals surface area contributed by atoms with E-state index in [4.69, 9.17) is 23.2 Å². The van der Waals surface area contributed by atoms with Gasteiger partial charge in [0.25, 0.3) is 5.89 Å². The van der Waals surface area contributed by atoms with Gasteiger partial charge in [-0.15, -0.1) is 0 Å². The van der Waals surface area contributed by atoms with Crippen molar-refractivity contribution in [1.29, 1.82) is 0 Å². The predicted octanol–water partition coefficient (Wildman–Crippen LogP) is 3.31. The van der Waals surface area contributed by atoms with E-state index in [1.54, 1.807) is 24.3 Å². The summed E-state index contributed by atoms with van der Waals surface area (Å²) in [5, 5.41) is 4.46. The number of methoxy groups -OCH3 is 3. The number of rotatable bonds is 5. The fourth-order valence-electron chi connectivity index (χ4n) is 3.02. The molecule has 0 saturated carbocycles. The molecule has 2 aromatic carbocycles. The topological polar surface area (TPSA) is 114 Å². The molecule has 2 aromatic heterocycles. The van der Waals surface area contributed by atoms with E-state index in [9.17, 15) is 9.59 Å². The fourth-order valence-corrected chi connectivity index (χ4v) is 3.02. The van der Waals surface area contributed by atoms with Crippen molar-refractivity contribution in [1.82, 2.24) is 10.1 Å². The van der Waals surface area contributed by atoms with Gasteiger partial charge in [-0.1, -0.05) is 11.2 Å². The second-order valence-corrected chi connectivity index (χ2v) is 6.16. The molecule has 0 spiro atoms. The van der Waals surface area contributed by atoms with Gasteiger partial charge in [0, 0.05) is 5.39 Å². The molecule has 9 heteroatoms. The van der Waals surface area contributed by atoms with Crippen LogP contribution < -0.4 is 15.1 Å². The highest BCUT2D eigenvalue weighted by Crippen LogP contribution is 2.37. The molecule has 0 aliphatic carbocycles. The van der Waals surface area contributed by atoms with Crippen LogP contribution in [0.15, 0.2) is 56.2 Å². The molecular weight excluding hydrogens is 392 g/mol. The maximum absolute atomic E-state index is 12.4. The quantitative estimate of drug-likeness (QED) is 0.362. The van der Waals surface area contributed by atoms with Crippen LogP contribution in [0.3, 0.4) is 0 Å². The van der Waals surface area contributed by atoms with Gasteiger partial charge in [0.15, 0.2) is 11.5 Å². The lowest BCUT2D eigenvalue weighted by Crippen LogP contribution is -2.04. The Morgan fingerprint density at radius 2 is 1.83 bits per heavy atom. The van der Waals surface area contributed by atoms with Gasteiger partial charge in [-0.2, -0.15) is 4.98 Å². The zero-order valence-corrected chi connectivity index (χ0v) is 16.3. The zero-order chi connectivity index (χ0) is 21.3. The Bertz CT molecular complexity index is 1310. The lowest BCUT2D eigenvalue weighted by molar-refractivity contribution is 0.0601. The lowest BCUT2D eigenvalue weighted by atomic mass is 10.1. The van der Waals surface area contributed by atoms with Gasteiger partial charge in [-0.25, -0.2) is 9.59 Å². The van der Waals surface area contributed by atoms with Crippen molar-refractivity contribution < 1.29 is 27.9 Å². The second-order valence-electron chi connectivity index (χ2n) is 6.16. The first-order chi connectivity index (χ1) is 14.5. The SMILES string of the molecule is COC(=O)c1ccc2oc(=O)c(-c3nc(-c4cccc(OC)c4OC)no3)cc2c1. The fraction of sp³-hybridized carbons (Fsp3) is 0.143. The molecule has 4 aromatic rings. The van der Waals surface area contributed by atoms with E-state index in [1.807, 2.05) is 0 Å². The number of carbonyl (C=O) groups excluding carboxylic acids is 1. The van der Waals surface area contributed by atoms with Gasteiger partial charge in [-0.05, 0) is 36.4 Å². The number of benzene rings is 2. The van der Waals surface area contributed by atoms with Gasteiger partial charge in [0.05, 0.1) is 32.5 Å². The van der Waals surface area contributed by atoms with Crippen molar-refractivity contribution in [2.75, 3.05) is 21.3 Å². The van der Waals surface area contributed by atoms with Crippen LogP contribution in [0.25, 0.3) is 33.8 Å². The minimum Gasteiger partial charge on any atom is -0.493 e. The number of para-hydroxylation sites is 1. The number of aromatic nitrogens is 2. The third-order valence-corrected chi connectivity index (χ3v) is 4.45. The highest BCUT2D eigenvalue weighted by molar-refractivity contribution is 5.94. The molecule has 0 atom stereocenters. The summed E-state index contributed by atoms with van der Waals surface area (Å²) >= 11 is 0. The largest absolute Gasteiger partial charge is 0.493 e. The standard InChI is InChI=1S/C21H16N2O7/c1-26-16-6-4-5-13(17(16)27-2)18-22-19(30-23-18)14-10-12-9-11(20(24)28-3)7-8-15(12)29-21(14)25/h4-10H,1-3H3. The number of carbonyl (C=O) groups is 1. The number of nitrogens with zero attached hydrogens (tertiary/aromatic N) is 2. The number of esters is 1. The first-order valence-corrected chi connectivity index (χ1v) is 8.77. The normalized spacial score (nSPS) is 10.8. The Morgan fingerprint density at radius 3 is 2.57 bits per heavy atom. The molecule has 0 aliphatic heterocycles. The molecule has 2 heterocycles. The number of ether oxygens (including phenoxy) is 3. The Kier molecular flexibility index (Phi) is 4.93. The molecule has 9 nitrogen and oxygen atoms in total. The molecule has 0 N–H and O–H groups in total. The molecule has 4 rings (SSSR count). The summed E-state index contributed by atoms with van der Waals surface area (Å²) in [5.41, 5.74) is 0.569. The molecular formula is C21H16N2O7. The summed E-state index contributed by atoms with van der Waals surface area (Å²) in [6.07, 6.45) is 0. The summed E-state index contributed by atoms with van der Waals surface area (Å²) in [6.45, 7) is 0. The average Bonchev–Trinajstić information content (AvgIpc) is 3.26. The van der Waals surface area contributed by atoms with Crippen molar-refractivity contribution in [3.8, 4) is 34.3 Å². The van der Waals surface area contributed by atoms with Crippen molar-refractivity contribution in [3.05, 3.63) is 58.4 Å². The van der Waals surface area contributed by atoms with Crippen molar-refractivity contribution in [2.24, 2.45) is 0 Å². The van der Waals surface area contributed by atoms with E-state index >= 15 is 0 Å². The summed E-state index contributed by atoms with van der Waals surface area (Å²) in [6, 6.07) is 11.3. The second kappa shape index (κ2) is 7.70. The summed E-state index contributed by atoms with van der Waals surface area (Å²) in [5.74, 6) is 0.606. The monoisotopic (exact) mass is 408 g/mol. The summed E-state index contributed by atoms with van der Waals surface area (Å²) in [7, 11) is 4.31. The molecule has 30 heavy (non-hydrogen) atoms. The Morgan fingerprint density at radius 1 is 1.00 bits per heavy atom. The number of fused-ring (bicyclic) bond motifs is 1. The van der Waals surface area contributed by atoms with Crippen molar-refractivity contribution >= 4 is 16.9 Å². The molecule has 152 valence electrons. The van der Waals surface area contributed by atoms with Crippen LogP contribution in [0.1, 0.15) is 10.4 Å². The van der Waals surface area contributed by atoms with Crippen LogP contribution in [0.2, 0.25) is 0 Å². The smallest absolute Gasteiger partial charge is 0.349 e. The Hall–Kier alpha value is -4.14. The van der Waals surface area contributed by atoms with E-state index in [2.05, 4.69) is 10.1 Å². The molecule has 0 unspecified atom stereocenters. The van der Waals surface area contributed by atoms with E-state index in [1.165, 1.54) is 39.5 Å². The van der Waals surface area contributed by atoms with E-state index in [-0.39, 0.29) is 17.3 Å². The summed E-state index contributed by atoms with van der Waals surface area (Å²) in [4.78, 5) is 28.5. The average molecular weight is 408 g/mol. The summed E-state index contributed by atoms with van der Waals surface area (Å²) < 4.78 is 26.0. The van der Waals surface area contributed by atoms with Crippen LogP contribution in [-0.4, -0.2) is 37.4 Å². The number of hydrogen-bond acceptors (Lipinski definition) is 9. The highest BCUT2D eigenvalue weighted by Gasteiger charge is 2.20. The molecule has 0 radical (unpaired) electrons. The maximum Gasteiger partial charge on any atom is 0.349 e. The van der Waals surface area contributed by atoms with Crippen molar-refractivity contribution in [2.45, 2.75) is 0 Å². The molecule has 0 amide bonds. The Balaban J connectivity index is 1.81. The first-order valence-electron chi connectivity index (χ1n) is 8.77. The van der Waals surface area contributed by atoms with Crippen LogP contribution in [0.5, 0.6) is 11.5 Å². The van der Waals surface area contributed by atoms with E-state index < -0.39 is 11.6 Å². The van der Waals surface area contributed by atoms with Gasteiger partial charge < -0.3 is 23.2 Å². The first kappa shape index (κ1) is 19.2. The molecule has 0 aliphatic rings. The van der Waals surface area contributed by atoms with Gasteiger partial charge in [-0.3, -0.25) is 0 Å². The van der Waals surface area contributed by atoms with Crippen LogP contribution in [-0.2, 0) is 4.74 Å². The van der Waals surface area contributed by atoms with Gasteiger partial charge in [0.2, 0.25) is 5.82 Å².